The summed E-state index contributed by atoms with van der Waals surface area (Å²) in [6, 6.07) is -1.93. The third kappa shape index (κ3) is 26.7. The van der Waals surface area contributed by atoms with Crippen LogP contribution in [0.1, 0.15) is 50.5 Å². The number of rotatable bonds is 17. The molecule has 32 heteroatoms. The van der Waals surface area contributed by atoms with Gasteiger partial charge in [-0.05, 0) is 49.8 Å². The van der Waals surface area contributed by atoms with E-state index in [0.717, 1.165) is 11.8 Å². The van der Waals surface area contributed by atoms with E-state index in [-0.39, 0.29) is 81.4 Å². The van der Waals surface area contributed by atoms with E-state index in [0.29, 0.717) is 12.0 Å². The number of aliphatic hydroxyl groups excluding tert-OH is 1. The number of ether oxygens (including phenoxy) is 1. The highest BCUT2D eigenvalue weighted by atomic mass is 32.2. The van der Waals surface area contributed by atoms with Crippen molar-refractivity contribution in [2.75, 3.05) is 63.2 Å². The average Bonchev–Trinajstić information content (AvgIpc) is 3.37. The Morgan fingerprint density at radius 1 is 0.789 bits per heavy atom. The van der Waals surface area contributed by atoms with Gasteiger partial charge in [-0.25, -0.2) is 4.79 Å². The average molecular weight is 1110 g/mol. The van der Waals surface area contributed by atoms with Gasteiger partial charge in [0.1, 0.15) is 36.3 Å². The van der Waals surface area contributed by atoms with Gasteiger partial charge in [-0.1, -0.05) is 30.3 Å². The largest absolute Gasteiger partial charge is 0.481 e. The maximum Gasteiger partial charge on any atom is 0.407 e. The zero-order valence-corrected chi connectivity index (χ0v) is 43.2. The molecule has 1 fully saturated rings. The summed E-state index contributed by atoms with van der Waals surface area (Å²) in [5, 5.41) is 43.4. The number of aliphatic carboxylic acids is 1. The van der Waals surface area contributed by atoms with Crippen molar-refractivity contribution < 1.29 is 72.5 Å². The summed E-state index contributed by atoms with van der Waals surface area (Å²) in [5.74, 6) is -11.2. The molecule has 20 N–H and O–H groups in total. The van der Waals surface area contributed by atoms with E-state index >= 15 is 0 Å². The maximum atomic E-state index is 13.9. The summed E-state index contributed by atoms with van der Waals surface area (Å²) in [7, 11) is 0. The fourth-order valence-corrected chi connectivity index (χ4v) is 7.74. The molecule has 30 nitrogen and oxygen atoms in total. The van der Waals surface area contributed by atoms with Crippen LogP contribution in [0.15, 0.2) is 35.3 Å². The van der Waals surface area contributed by atoms with Crippen LogP contribution in [0.25, 0.3) is 0 Å². The van der Waals surface area contributed by atoms with Crippen molar-refractivity contribution in [3.05, 3.63) is 35.9 Å². The highest BCUT2D eigenvalue weighted by molar-refractivity contribution is 7.99. The predicted octanol–water partition coefficient (Wildman–Crippen LogP) is -7.22. The summed E-state index contributed by atoms with van der Waals surface area (Å²) >= 11 is 5.06. The number of primary amides is 1. The van der Waals surface area contributed by atoms with Crippen molar-refractivity contribution in [3.63, 3.8) is 0 Å². The fourth-order valence-electron chi connectivity index (χ4n) is 6.61. The number of carbonyl (C=O) groups is 12. The van der Waals surface area contributed by atoms with Gasteiger partial charge in [-0.3, -0.25) is 57.7 Å². The fraction of sp³-hybridized carbons (Fsp3) is 0.568. The predicted molar refractivity (Wildman–Crippen MR) is 276 cm³/mol. The van der Waals surface area contributed by atoms with E-state index < -0.39 is 146 Å². The van der Waals surface area contributed by atoms with Crippen LogP contribution < -0.4 is 76.1 Å². The van der Waals surface area contributed by atoms with Gasteiger partial charge in [0, 0.05) is 31.0 Å². The minimum absolute atomic E-state index is 0.00298. The van der Waals surface area contributed by atoms with Crippen molar-refractivity contribution in [3.8, 4) is 0 Å². The van der Waals surface area contributed by atoms with Crippen molar-refractivity contribution in [2.45, 2.75) is 93.7 Å². The molecule has 0 unspecified atom stereocenters. The standard InChI is InChI=1S/C44H69N15O15S2/c45-25(22-75)37(67)52-18-32(61)51-19-33(62)55-31-23-76-15-7-14-74-44(73)50-12-5-4-10-26(36(46)66)56-39(69)28(16-24-8-2-1-3-9-24)58-41(71)30(21-60)59-40(70)29(17-35(64)65)54-34(63)20-53-38(68)27(57-42(31)72)11-6-13-49-43(47)48/h1-3,8-9,25-31,60,75H,4-7,10-23,45H2,(H2,46,66)(H,50,73)(H,51,61)(H,52,67)(H,53,68)(H,54,63)(H,55,62)(H,56,69)(H,57,72)(H,58,71)(H,59,70)(H,64,65)(H4,47,48,49)/t25-,26-,27-,28+,29-,30-,31-/m0/s1. The summed E-state index contributed by atoms with van der Waals surface area (Å²) in [5.41, 5.74) is 22.6. The summed E-state index contributed by atoms with van der Waals surface area (Å²) in [6.07, 6.45) is -1.22. The molecule has 0 saturated carbocycles. The molecule has 1 heterocycles. The molecule has 1 saturated heterocycles. The molecule has 422 valence electrons. The lowest BCUT2D eigenvalue weighted by Crippen LogP contribution is -2.60. The third-order valence-electron chi connectivity index (χ3n) is 10.6. The Labute approximate surface area is 446 Å². The van der Waals surface area contributed by atoms with Crippen LogP contribution in [0.3, 0.4) is 0 Å². The van der Waals surface area contributed by atoms with Gasteiger partial charge in [0.2, 0.25) is 59.1 Å². The van der Waals surface area contributed by atoms with Gasteiger partial charge in [0.25, 0.3) is 0 Å². The highest BCUT2D eigenvalue weighted by Crippen LogP contribution is 2.10. The zero-order valence-electron chi connectivity index (χ0n) is 41.5. The zero-order chi connectivity index (χ0) is 56.6. The number of amides is 11. The van der Waals surface area contributed by atoms with Gasteiger partial charge in [-0.2, -0.15) is 24.4 Å². The first-order chi connectivity index (χ1) is 36.1. The summed E-state index contributed by atoms with van der Waals surface area (Å²) < 4.78 is 5.23. The van der Waals surface area contributed by atoms with Gasteiger partial charge >= 0.3 is 12.1 Å². The van der Waals surface area contributed by atoms with Crippen molar-refractivity contribution in [1.82, 2.24) is 53.2 Å². The molecule has 11 amide bonds. The smallest absolute Gasteiger partial charge is 0.407 e. The van der Waals surface area contributed by atoms with Crippen molar-refractivity contribution >= 4 is 101 Å². The number of nitrogens with one attached hydrogen (secondary N) is 10. The number of guanidine groups is 1. The highest BCUT2D eigenvalue weighted by Gasteiger charge is 2.33. The van der Waals surface area contributed by atoms with E-state index in [1.807, 2.05) is 0 Å². The number of aliphatic imine (C=N–C) groups is 1. The Bertz CT molecular complexity index is 2190. The Hall–Kier alpha value is -7.45. The quantitative estimate of drug-likeness (QED) is 0.0298. The van der Waals surface area contributed by atoms with Crippen LogP contribution in [0, 0.1) is 0 Å². The van der Waals surface area contributed by atoms with Gasteiger partial charge in [0.05, 0.1) is 45.3 Å². The number of thiol groups is 1. The Kier molecular flexibility index (Phi) is 30.4. The second kappa shape index (κ2) is 35.7. The Balaban J connectivity index is 2.42. The number of thioether (sulfide) groups is 1. The molecule has 1 aromatic rings. The number of carbonyl (C=O) groups excluding carboxylic acids is 11. The van der Waals surface area contributed by atoms with E-state index in [4.69, 9.17) is 27.7 Å². The lowest BCUT2D eigenvalue weighted by molar-refractivity contribution is -0.141. The lowest BCUT2D eigenvalue weighted by atomic mass is 10.0. The van der Waals surface area contributed by atoms with Crippen LogP contribution >= 0.6 is 24.4 Å². The second-order valence-corrected chi connectivity index (χ2v) is 18.3. The molecule has 2 rings (SSSR count). The monoisotopic (exact) mass is 1110 g/mol. The first kappa shape index (κ1) is 64.7. The first-order valence-corrected chi connectivity index (χ1v) is 25.6. The molecule has 0 bridgehead atoms. The topological polar surface area (TPSA) is 491 Å². The number of nitrogens with zero attached hydrogens (tertiary/aromatic N) is 1. The SMILES string of the molecule is NC(=O)[C@@H]1CCCCNC(=O)OCCCSC[C@H](NC(=O)CNC(=O)CNC(=O)[C@@H](N)CS)C(=O)N[C@@H](CCCN=C(N)N)C(=O)NCC(=O)N[C@@H](CC(=O)O)C(=O)N[C@@H](CO)C(=O)N[C@H](Cc2ccccc2)C(=O)N1. The number of hydrogen-bond acceptors (Lipinski definition) is 18. The molecule has 7 atom stereocenters. The molecule has 0 spiro atoms. The number of nitrogens with two attached hydrogens (primary N) is 4. The molecular weight excluding hydrogens is 1040 g/mol. The molecule has 1 aliphatic rings. The lowest BCUT2D eigenvalue weighted by Gasteiger charge is -2.25. The van der Waals surface area contributed by atoms with Crippen molar-refractivity contribution in [1.29, 1.82) is 0 Å². The number of cyclic esters (lactones) is 1. The maximum absolute atomic E-state index is 13.9. The molecule has 0 radical (unpaired) electrons. The third-order valence-corrected chi connectivity index (χ3v) is 12.2. The summed E-state index contributed by atoms with van der Waals surface area (Å²) in [4.78, 5) is 159. The number of benzene rings is 1. The van der Waals surface area contributed by atoms with Crippen LogP contribution in [-0.4, -0.2) is 193 Å². The van der Waals surface area contributed by atoms with Gasteiger partial charge in [-0.15, -0.1) is 0 Å². The molecule has 1 aromatic carbocycles. The van der Waals surface area contributed by atoms with Crippen LogP contribution in [-0.2, 0) is 63.9 Å². The van der Waals surface area contributed by atoms with Gasteiger partial charge in [0.15, 0.2) is 5.96 Å². The number of carboxylic acids is 1. The van der Waals surface area contributed by atoms with Crippen LogP contribution in [0.5, 0.6) is 0 Å². The Morgan fingerprint density at radius 2 is 1.45 bits per heavy atom. The second-order valence-electron chi connectivity index (χ2n) is 16.8. The van der Waals surface area contributed by atoms with Gasteiger partial charge < -0.3 is 91.1 Å². The molecule has 76 heavy (non-hydrogen) atoms. The van der Waals surface area contributed by atoms with E-state index in [2.05, 4.69) is 70.8 Å². The number of carboxylic acid groups (broad SMARTS) is 1. The number of alkyl carbamates (subject to hydrolysis) is 1. The van der Waals surface area contributed by atoms with Crippen LogP contribution in [0.2, 0.25) is 0 Å². The van der Waals surface area contributed by atoms with E-state index in [9.17, 15) is 67.7 Å². The van der Waals surface area contributed by atoms with Crippen molar-refractivity contribution in [2.24, 2.45) is 27.9 Å². The molecule has 0 aromatic heterocycles. The minimum Gasteiger partial charge on any atom is -0.481 e. The van der Waals surface area contributed by atoms with E-state index in [1.165, 1.54) is 0 Å². The number of aliphatic hydroxyl groups is 1. The normalized spacial score (nSPS) is 22.0. The number of hydrogen-bond donors (Lipinski definition) is 17. The van der Waals surface area contributed by atoms with Crippen LogP contribution in [0.4, 0.5) is 4.79 Å². The molecule has 1 aliphatic heterocycles. The van der Waals surface area contributed by atoms with E-state index in [1.54, 1.807) is 30.3 Å². The first-order valence-electron chi connectivity index (χ1n) is 23.8. The summed E-state index contributed by atoms with van der Waals surface area (Å²) in [6.45, 7) is -3.20. The molecule has 0 aliphatic carbocycles. The molecular formula is C44H69N15O15S2. The minimum atomic E-state index is -1.91. The Morgan fingerprint density at radius 3 is 2.11 bits per heavy atom.